The number of likely N-dealkylation sites (N-methyl/N-ethyl adjacent to an activating group) is 1. The molecule has 1 rings (SSSR count). The Balaban J connectivity index is 3.09. The second-order valence-corrected chi connectivity index (χ2v) is 3.62. The van der Waals surface area contributed by atoms with E-state index in [1.165, 1.54) is 0 Å². The van der Waals surface area contributed by atoms with Crippen LogP contribution in [0.1, 0.15) is 12.7 Å². The molecule has 3 N–H and O–H groups in total. The molecule has 1 atom stereocenters. The summed E-state index contributed by atoms with van der Waals surface area (Å²) in [5, 5.41) is 2.82. The molecule has 0 spiro atoms. The zero-order valence-electron chi connectivity index (χ0n) is 7.43. The zero-order chi connectivity index (χ0) is 10.1. The molecule has 1 unspecified atom stereocenters. The van der Waals surface area contributed by atoms with Gasteiger partial charge in [-0.3, -0.25) is 4.79 Å². The maximum Gasteiger partial charge on any atom is 0.245 e. The highest BCUT2D eigenvalue weighted by atomic mass is 79.9. The molecule has 72 valence electrons. The maximum atomic E-state index is 11.1. The molecular formula is C8H11BrN2O2. The third-order valence-electron chi connectivity index (χ3n) is 2.06. The fourth-order valence-electron chi connectivity index (χ4n) is 0.951. The zero-order valence-corrected chi connectivity index (χ0v) is 9.01. The van der Waals surface area contributed by atoms with Gasteiger partial charge in [0, 0.05) is 0 Å². The first-order valence-corrected chi connectivity index (χ1v) is 4.54. The van der Waals surface area contributed by atoms with E-state index >= 15 is 0 Å². The van der Waals surface area contributed by atoms with Crippen LogP contribution < -0.4 is 11.1 Å². The predicted octanol–water partition coefficient (Wildman–Crippen LogP) is 0.962. The summed E-state index contributed by atoms with van der Waals surface area (Å²) in [5.41, 5.74) is 4.29. The highest BCUT2D eigenvalue weighted by Crippen LogP contribution is 2.24. The van der Waals surface area contributed by atoms with E-state index in [9.17, 15) is 4.79 Å². The van der Waals surface area contributed by atoms with Gasteiger partial charge in [0.25, 0.3) is 0 Å². The van der Waals surface area contributed by atoms with Crippen molar-refractivity contribution in [2.45, 2.75) is 12.5 Å². The number of carbonyl (C=O) groups is 1. The summed E-state index contributed by atoms with van der Waals surface area (Å²) in [6.45, 7) is 1.67. The Morgan fingerprint density at radius 1 is 1.69 bits per heavy atom. The first-order valence-electron chi connectivity index (χ1n) is 3.75. The van der Waals surface area contributed by atoms with Crippen molar-refractivity contribution < 1.29 is 9.21 Å². The number of furan rings is 1. The van der Waals surface area contributed by atoms with E-state index in [1.807, 2.05) is 0 Å². The molecule has 1 aromatic rings. The average Bonchev–Trinajstić information content (AvgIpc) is 2.50. The fourth-order valence-corrected chi connectivity index (χ4v) is 1.26. The molecule has 0 radical (unpaired) electrons. The van der Waals surface area contributed by atoms with Crippen molar-refractivity contribution in [3.05, 3.63) is 22.6 Å². The van der Waals surface area contributed by atoms with Crippen molar-refractivity contribution in [2.24, 2.45) is 5.73 Å². The van der Waals surface area contributed by atoms with Crippen LogP contribution in [0.5, 0.6) is 0 Å². The molecular weight excluding hydrogens is 236 g/mol. The van der Waals surface area contributed by atoms with Crippen molar-refractivity contribution in [3.8, 4) is 0 Å². The minimum absolute atomic E-state index is 0.475. The van der Waals surface area contributed by atoms with Gasteiger partial charge in [-0.2, -0.15) is 0 Å². The molecule has 4 nitrogen and oxygen atoms in total. The highest BCUT2D eigenvalue weighted by Gasteiger charge is 2.34. The number of rotatable bonds is 3. The van der Waals surface area contributed by atoms with Crippen molar-refractivity contribution in [1.82, 2.24) is 5.32 Å². The topological polar surface area (TPSA) is 68.3 Å². The van der Waals surface area contributed by atoms with E-state index in [0.717, 1.165) is 0 Å². The van der Waals surface area contributed by atoms with E-state index in [2.05, 4.69) is 21.2 Å². The molecule has 1 aromatic heterocycles. The van der Waals surface area contributed by atoms with Gasteiger partial charge in [-0.25, -0.2) is 0 Å². The predicted molar refractivity (Wildman–Crippen MR) is 52.0 cm³/mol. The molecule has 1 heterocycles. The summed E-state index contributed by atoms with van der Waals surface area (Å²) in [7, 11) is 1.65. The van der Waals surface area contributed by atoms with Gasteiger partial charge in [0.2, 0.25) is 5.91 Å². The molecule has 0 aliphatic heterocycles. The Labute approximate surface area is 84.6 Å². The molecule has 0 aliphatic carbocycles. The van der Waals surface area contributed by atoms with Gasteiger partial charge < -0.3 is 15.5 Å². The number of carbonyl (C=O) groups excluding carboxylic acids is 1. The van der Waals surface area contributed by atoms with Crippen LogP contribution in [-0.4, -0.2) is 13.0 Å². The lowest BCUT2D eigenvalue weighted by Crippen LogP contribution is -2.48. The number of nitrogens with two attached hydrogens (primary N) is 1. The second-order valence-electron chi connectivity index (χ2n) is 2.84. The SMILES string of the molecule is CNC(C)(C(N)=O)c1ccc(Br)o1. The minimum atomic E-state index is -0.952. The van der Waals surface area contributed by atoms with Crippen molar-refractivity contribution in [1.29, 1.82) is 0 Å². The molecule has 0 saturated heterocycles. The van der Waals surface area contributed by atoms with Crippen molar-refractivity contribution in [2.75, 3.05) is 7.05 Å². The average molecular weight is 247 g/mol. The summed E-state index contributed by atoms with van der Waals surface area (Å²) < 4.78 is 5.83. The molecule has 0 saturated carbocycles. The Hall–Kier alpha value is -0.810. The molecule has 0 aliphatic rings. The van der Waals surface area contributed by atoms with Crippen molar-refractivity contribution in [3.63, 3.8) is 0 Å². The molecule has 5 heteroatoms. The number of primary amides is 1. The van der Waals surface area contributed by atoms with E-state index in [0.29, 0.717) is 10.4 Å². The van der Waals surface area contributed by atoms with E-state index in [1.54, 1.807) is 26.1 Å². The summed E-state index contributed by atoms with van der Waals surface area (Å²) in [4.78, 5) is 11.1. The largest absolute Gasteiger partial charge is 0.452 e. The van der Waals surface area contributed by atoms with Crippen LogP contribution in [0.2, 0.25) is 0 Å². The Bertz CT molecular complexity index is 324. The van der Waals surface area contributed by atoms with Crippen LogP contribution in [0.4, 0.5) is 0 Å². The van der Waals surface area contributed by atoms with Crippen LogP contribution in [0.15, 0.2) is 21.2 Å². The van der Waals surface area contributed by atoms with Crippen LogP contribution >= 0.6 is 15.9 Å². The quantitative estimate of drug-likeness (QED) is 0.835. The minimum Gasteiger partial charge on any atom is -0.452 e. The maximum absolute atomic E-state index is 11.1. The highest BCUT2D eigenvalue weighted by molar-refractivity contribution is 9.10. The lowest BCUT2D eigenvalue weighted by molar-refractivity contribution is -0.124. The molecule has 0 fully saturated rings. The van der Waals surface area contributed by atoms with Gasteiger partial charge in [-0.05, 0) is 42.0 Å². The van der Waals surface area contributed by atoms with Gasteiger partial charge >= 0.3 is 0 Å². The normalized spacial score (nSPS) is 15.3. The van der Waals surface area contributed by atoms with Gasteiger partial charge in [0.15, 0.2) is 10.2 Å². The molecule has 0 aromatic carbocycles. The third-order valence-corrected chi connectivity index (χ3v) is 2.49. The van der Waals surface area contributed by atoms with E-state index in [-0.39, 0.29) is 0 Å². The monoisotopic (exact) mass is 246 g/mol. The van der Waals surface area contributed by atoms with E-state index in [4.69, 9.17) is 10.2 Å². The smallest absolute Gasteiger partial charge is 0.245 e. The van der Waals surface area contributed by atoms with Crippen molar-refractivity contribution >= 4 is 21.8 Å². The first kappa shape index (κ1) is 10.3. The number of hydrogen-bond donors (Lipinski definition) is 2. The summed E-state index contributed by atoms with van der Waals surface area (Å²) >= 11 is 3.16. The summed E-state index contributed by atoms with van der Waals surface area (Å²) in [6.07, 6.45) is 0. The van der Waals surface area contributed by atoms with Crippen LogP contribution in [-0.2, 0) is 10.3 Å². The molecule has 1 amide bonds. The van der Waals surface area contributed by atoms with Crippen LogP contribution in [0.3, 0.4) is 0 Å². The molecule has 0 bridgehead atoms. The number of nitrogens with one attached hydrogen (secondary N) is 1. The lowest BCUT2D eigenvalue weighted by atomic mass is 9.99. The van der Waals surface area contributed by atoms with Crippen LogP contribution in [0.25, 0.3) is 0 Å². The standard InChI is InChI=1S/C8H11BrN2O2/c1-8(11-2,7(10)12)5-3-4-6(9)13-5/h3-4,11H,1-2H3,(H2,10,12). The lowest BCUT2D eigenvalue weighted by Gasteiger charge is -2.22. The molecule has 13 heavy (non-hydrogen) atoms. The number of hydrogen-bond acceptors (Lipinski definition) is 3. The number of amides is 1. The van der Waals surface area contributed by atoms with Gasteiger partial charge in [0.1, 0.15) is 5.76 Å². The number of halogens is 1. The van der Waals surface area contributed by atoms with Gasteiger partial charge in [-0.15, -0.1) is 0 Å². The first-order chi connectivity index (χ1) is 6.00. The van der Waals surface area contributed by atoms with Gasteiger partial charge in [0.05, 0.1) is 0 Å². The summed E-state index contributed by atoms with van der Waals surface area (Å²) in [5.74, 6) is 0.0197. The Morgan fingerprint density at radius 2 is 2.31 bits per heavy atom. The van der Waals surface area contributed by atoms with Crippen LogP contribution in [0, 0.1) is 0 Å². The third kappa shape index (κ3) is 1.76. The Kier molecular flexibility index (Phi) is 2.77. The summed E-state index contributed by atoms with van der Waals surface area (Å²) in [6, 6.07) is 3.42. The van der Waals surface area contributed by atoms with Gasteiger partial charge in [-0.1, -0.05) is 0 Å². The fraction of sp³-hybridized carbons (Fsp3) is 0.375. The van der Waals surface area contributed by atoms with E-state index < -0.39 is 11.4 Å². The Morgan fingerprint density at radius 3 is 2.62 bits per heavy atom. The second kappa shape index (κ2) is 3.51.